The normalized spacial score (nSPS) is 9.14. The van der Waals surface area contributed by atoms with Gasteiger partial charge in [-0.15, -0.1) is 0 Å². The number of hydrogen-bond donors (Lipinski definition) is 0. The molecule has 0 radical (unpaired) electrons. The molecule has 0 spiro atoms. The molecule has 0 N–H and O–H groups in total. The molecule has 1 aromatic rings. The van der Waals surface area contributed by atoms with Crippen molar-refractivity contribution in [2.24, 2.45) is 5.92 Å². The Balaban J connectivity index is 0. The van der Waals surface area contributed by atoms with E-state index >= 15 is 0 Å². The molecule has 0 amide bonds. The lowest BCUT2D eigenvalue weighted by molar-refractivity contribution is 0.101. The summed E-state index contributed by atoms with van der Waals surface area (Å²) in [6.07, 6.45) is 5.40. The first-order valence-electron chi connectivity index (χ1n) is 8.07. The third-order valence-electron chi connectivity index (χ3n) is 2.63. The van der Waals surface area contributed by atoms with E-state index in [4.69, 9.17) is 4.74 Å². The van der Waals surface area contributed by atoms with Crippen molar-refractivity contribution in [3.63, 3.8) is 0 Å². The highest BCUT2D eigenvalue weighted by atomic mass is 16.5. The van der Waals surface area contributed by atoms with Crippen molar-refractivity contribution >= 4 is 5.78 Å². The molecule has 0 aromatic heterocycles. The van der Waals surface area contributed by atoms with E-state index in [-0.39, 0.29) is 5.78 Å². The van der Waals surface area contributed by atoms with Crippen LogP contribution in [0.2, 0.25) is 0 Å². The van der Waals surface area contributed by atoms with Crippen molar-refractivity contribution in [1.82, 2.24) is 0 Å². The predicted octanol–water partition coefficient (Wildman–Crippen LogP) is 6.15. The number of rotatable bonds is 5. The lowest BCUT2D eigenvalue weighted by Crippen LogP contribution is -1.91. The molecule has 0 saturated heterocycles. The van der Waals surface area contributed by atoms with E-state index in [1.165, 1.54) is 25.7 Å². The smallest absolute Gasteiger partial charge is 0.159 e. The molecule has 0 heterocycles. The second-order valence-corrected chi connectivity index (χ2v) is 5.53. The number of ketones is 1. The van der Waals surface area contributed by atoms with Crippen molar-refractivity contribution in [3.8, 4) is 5.75 Å². The summed E-state index contributed by atoms with van der Waals surface area (Å²) in [4.78, 5) is 10.8. The average Bonchev–Trinajstić information content (AvgIpc) is 2.46. The number of Topliss-reactive ketones (excluding diaryl/α,β-unsaturated/α-hetero) is 1. The van der Waals surface area contributed by atoms with Gasteiger partial charge in [-0.3, -0.25) is 4.79 Å². The van der Waals surface area contributed by atoms with Gasteiger partial charge < -0.3 is 4.74 Å². The van der Waals surface area contributed by atoms with Crippen LogP contribution in [0.1, 0.15) is 77.6 Å². The third-order valence-corrected chi connectivity index (χ3v) is 2.63. The van der Waals surface area contributed by atoms with Gasteiger partial charge in [-0.25, -0.2) is 0 Å². The Labute approximate surface area is 131 Å². The molecule has 0 aliphatic rings. The van der Waals surface area contributed by atoms with Crippen LogP contribution >= 0.6 is 0 Å². The molecule has 0 unspecified atom stereocenters. The summed E-state index contributed by atoms with van der Waals surface area (Å²) in [5, 5.41) is 0. The van der Waals surface area contributed by atoms with Crippen LogP contribution in [0.5, 0.6) is 5.75 Å². The Kier molecular flexibility index (Phi) is 15.8. The second-order valence-electron chi connectivity index (χ2n) is 5.53. The molecule has 122 valence electrons. The summed E-state index contributed by atoms with van der Waals surface area (Å²) < 4.78 is 4.94. The van der Waals surface area contributed by atoms with Gasteiger partial charge >= 0.3 is 0 Å². The Morgan fingerprint density at radius 1 is 1.10 bits per heavy atom. The molecular formula is C19H34O2. The first-order chi connectivity index (χ1) is 9.92. The molecule has 2 nitrogen and oxygen atoms in total. The molecule has 0 atom stereocenters. The maximum atomic E-state index is 10.8. The van der Waals surface area contributed by atoms with Gasteiger partial charge in [-0.05, 0) is 37.1 Å². The molecule has 0 fully saturated rings. The fourth-order valence-corrected chi connectivity index (χ4v) is 1.44. The predicted molar refractivity (Wildman–Crippen MR) is 93.3 cm³/mol. The maximum Gasteiger partial charge on any atom is 0.159 e. The molecular weight excluding hydrogens is 260 g/mol. The zero-order valence-electron chi connectivity index (χ0n) is 15.0. The first-order valence-corrected chi connectivity index (χ1v) is 8.07. The zero-order valence-corrected chi connectivity index (χ0v) is 15.0. The Bertz CT molecular complexity index is 339. The summed E-state index contributed by atoms with van der Waals surface area (Å²) in [5.41, 5.74) is 0.714. The maximum absolute atomic E-state index is 10.8. The summed E-state index contributed by atoms with van der Waals surface area (Å²) in [7, 11) is 1.60. The van der Waals surface area contributed by atoms with Crippen molar-refractivity contribution in [1.29, 1.82) is 0 Å². The van der Waals surface area contributed by atoms with Crippen LogP contribution in [0, 0.1) is 5.92 Å². The monoisotopic (exact) mass is 294 g/mol. The molecule has 1 aromatic carbocycles. The highest BCUT2D eigenvalue weighted by Gasteiger charge is 1.97. The summed E-state index contributed by atoms with van der Waals surface area (Å²) in [6, 6.07) is 7.05. The van der Waals surface area contributed by atoms with Crippen molar-refractivity contribution < 1.29 is 9.53 Å². The zero-order chi connectivity index (χ0) is 16.7. The topological polar surface area (TPSA) is 26.3 Å². The molecule has 0 bridgehead atoms. The van der Waals surface area contributed by atoms with Crippen LogP contribution in [0.25, 0.3) is 0 Å². The molecule has 0 aliphatic carbocycles. The number of unbranched alkanes of at least 4 members (excludes halogenated alkanes) is 1. The lowest BCUT2D eigenvalue weighted by Gasteiger charge is -1.98. The molecule has 21 heavy (non-hydrogen) atoms. The SMILES string of the molecule is CCC.CCCCC(C)C.COc1ccc(C(C)=O)cc1. The number of methoxy groups -OCH3 is 1. The van der Waals surface area contributed by atoms with E-state index in [0.717, 1.165) is 11.7 Å². The van der Waals surface area contributed by atoms with Crippen LogP contribution in [0.15, 0.2) is 24.3 Å². The van der Waals surface area contributed by atoms with Crippen LogP contribution in [0.3, 0.4) is 0 Å². The Morgan fingerprint density at radius 3 is 1.81 bits per heavy atom. The van der Waals surface area contributed by atoms with Gasteiger partial charge in [0.1, 0.15) is 5.75 Å². The molecule has 0 aliphatic heterocycles. The fraction of sp³-hybridized carbons (Fsp3) is 0.632. The fourth-order valence-electron chi connectivity index (χ4n) is 1.44. The van der Waals surface area contributed by atoms with Gasteiger partial charge in [0, 0.05) is 5.56 Å². The minimum atomic E-state index is 0.0765. The van der Waals surface area contributed by atoms with Gasteiger partial charge in [0.15, 0.2) is 5.78 Å². The van der Waals surface area contributed by atoms with E-state index in [2.05, 4.69) is 34.6 Å². The van der Waals surface area contributed by atoms with Crippen molar-refractivity contribution in [3.05, 3.63) is 29.8 Å². The Morgan fingerprint density at radius 2 is 1.57 bits per heavy atom. The second kappa shape index (κ2) is 15.1. The Hall–Kier alpha value is -1.31. The van der Waals surface area contributed by atoms with Gasteiger partial charge in [0.2, 0.25) is 0 Å². The van der Waals surface area contributed by atoms with Gasteiger partial charge in [-0.1, -0.05) is 60.3 Å². The van der Waals surface area contributed by atoms with Gasteiger partial charge in [0.25, 0.3) is 0 Å². The van der Waals surface area contributed by atoms with Crippen molar-refractivity contribution in [2.75, 3.05) is 7.11 Å². The molecule has 0 saturated carbocycles. The standard InChI is InChI=1S/C9H10O2.C7H16.C3H8/c1-7(10)8-3-5-9(11-2)6-4-8;1-4-5-6-7(2)3;1-3-2/h3-6H,1-2H3;7H,4-6H2,1-3H3;3H2,1-2H3. The molecule has 1 rings (SSSR count). The van der Waals surface area contributed by atoms with Crippen LogP contribution in [0.4, 0.5) is 0 Å². The van der Waals surface area contributed by atoms with Crippen LogP contribution in [-0.4, -0.2) is 12.9 Å². The van der Waals surface area contributed by atoms with Gasteiger partial charge in [-0.2, -0.15) is 0 Å². The number of carbonyl (C=O) groups is 1. The van der Waals surface area contributed by atoms with E-state index in [1.54, 1.807) is 38.3 Å². The van der Waals surface area contributed by atoms with Crippen LogP contribution < -0.4 is 4.74 Å². The first kappa shape index (κ1) is 22.0. The van der Waals surface area contributed by atoms with Crippen molar-refractivity contribution in [2.45, 2.75) is 67.2 Å². The number of benzene rings is 1. The highest BCUT2D eigenvalue weighted by Crippen LogP contribution is 2.11. The summed E-state index contributed by atoms with van der Waals surface area (Å²) in [5.74, 6) is 1.75. The van der Waals surface area contributed by atoms with E-state index in [1.807, 2.05) is 0 Å². The number of carbonyl (C=O) groups excluding carboxylic acids is 1. The third kappa shape index (κ3) is 14.9. The minimum absolute atomic E-state index is 0.0765. The summed E-state index contributed by atoms with van der Waals surface area (Å²) in [6.45, 7) is 12.6. The largest absolute Gasteiger partial charge is 0.497 e. The number of ether oxygens (including phenoxy) is 1. The quantitative estimate of drug-likeness (QED) is 0.609. The van der Waals surface area contributed by atoms with Crippen LogP contribution in [-0.2, 0) is 0 Å². The number of hydrogen-bond acceptors (Lipinski definition) is 2. The van der Waals surface area contributed by atoms with Gasteiger partial charge in [0.05, 0.1) is 7.11 Å². The van der Waals surface area contributed by atoms with E-state index < -0.39 is 0 Å². The summed E-state index contributed by atoms with van der Waals surface area (Å²) >= 11 is 0. The van der Waals surface area contributed by atoms with E-state index in [0.29, 0.717) is 5.56 Å². The lowest BCUT2D eigenvalue weighted by atomic mass is 10.1. The minimum Gasteiger partial charge on any atom is -0.497 e. The van der Waals surface area contributed by atoms with E-state index in [9.17, 15) is 4.79 Å². The average molecular weight is 294 g/mol. The highest BCUT2D eigenvalue weighted by molar-refractivity contribution is 5.94. The molecule has 2 heteroatoms.